The molecule has 1 amide bonds. The van der Waals surface area contributed by atoms with Gasteiger partial charge in [0, 0.05) is 17.0 Å². The molecule has 2 aromatic carbocycles. The molecule has 32 heavy (non-hydrogen) atoms. The standard InChI is InChI=1S/C27H30ClNO3/c1-5-22(28)16-15-19(2)17-23(21-11-7-6-8-12-21)20(3)29-26(30)27(4)18-31-24-13-9-10-14-25(24)32-27/h5-16,20,23H,1,17-18H2,2-4H3,(H,29,30)/b19-15+,22-16+. The molecule has 3 atom stereocenters. The fraction of sp³-hybridized carbons (Fsp3) is 0.296. The maximum atomic E-state index is 13.2. The number of ether oxygens (including phenoxy) is 2. The van der Waals surface area contributed by atoms with Gasteiger partial charge in [0.15, 0.2) is 11.5 Å². The van der Waals surface area contributed by atoms with Crippen LogP contribution in [0.25, 0.3) is 0 Å². The van der Waals surface area contributed by atoms with Crippen LogP contribution in [0, 0.1) is 0 Å². The zero-order chi connectivity index (χ0) is 23.1. The fourth-order valence-electron chi connectivity index (χ4n) is 3.70. The first-order chi connectivity index (χ1) is 15.3. The van der Waals surface area contributed by atoms with Crippen LogP contribution in [-0.4, -0.2) is 24.2 Å². The van der Waals surface area contributed by atoms with Gasteiger partial charge in [-0.15, -0.1) is 0 Å². The van der Waals surface area contributed by atoms with E-state index in [1.807, 2.05) is 61.5 Å². The SMILES string of the molecule is C=C/C(Cl)=C\C=C(/C)CC(c1ccccc1)C(C)NC(=O)C1(C)COc2ccccc2O1. The summed E-state index contributed by atoms with van der Waals surface area (Å²) in [5.74, 6) is 1.11. The predicted octanol–water partition coefficient (Wildman–Crippen LogP) is 6.15. The van der Waals surface area contributed by atoms with Crippen LogP contribution in [0.4, 0.5) is 0 Å². The van der Waals surface area contributed by atoms with E-state index in [9.17, 15) is 4.79 Å². The van der Waals surface area contributed by atoms with Crippen LogP contribution in [0.3, 0.4) is 0 Å². The Balaban J connectivity index is 1.77. The van der Waals surface area contributed by atoms with Crippen molar-refractivity contribution in [2.45, 2.75) is 44.8 Å². The summed E-state index contributed by atoms with van der Waals surface area (Å²) in [7, 11) is 0. The molecule has 0 radical (unpaired) electrons. The zero-order valence-corrected chi connectivity index (χ0v) is 19.6. The highest BCUT2D eigenvalue weighted by Gasteiger charge is 2.41. The molecular weight excluding hydrogens is 422 g/mol. The minimum atomic E-state index is -1.10. The highest BCUT2D eigenvalue weighted by molar-refractivity contribution is 6.31. The van der Waals surface area contributed by atoms with Crippen LogP contribution in [0.2, 0.25) is 0 Å². The van der Waals surface area contributed by atoms with E-state index >= 15 is 0 Å². The largest absolute Gasteiger partial charge is 0.485 e. The fourth-order valence-corrected chi connectivity index (χ4v) is 3.76. The van der Waals surface area contributed by atoms with Gasteiger partial charge in [-0.1, -0.05) is 78.4 Å². The van der Waals surface area contributed by atoms with Crippen LogP contribution in [0.15, 0.2) is 90.0 Å². The quantitative estimate of drug-likeness (QED) is 0.489. The molecule has 1 aliphatic heterocycles. The van der Waals surface area contributed by atoms with Gasteiger partial charge in [-0.2, -0.15) is 0 Å². The van der Waals surface area contributed by atoms with Crippen LogP contribution < -0.4 is 14.8 Å². The number of amides is 1. The van der Waals surface area contributed by atoms with E-state index in [2.05, 4.69) is 31.0 Å². The number of halogens is 1. The van der Waals surface area contributed by atoms with Crippen molar-refractivity contribution in [1.29, 1.82) is 0 Å². The van der Waals surface area contributed by atoms with E-state index in [-0.39, 0.29) is 24.5 Å². The van der Waals surface area contributed by atoms with E-state index < -0.39 is 5.60 Å². The second-order valence-corrected chi connectivity index (χ2v) is 8.76. The Bertz CT molecular complexity index is 1010. The average molecular weight is 452 g/mol. The Morgan fingerprint density at radius 3 is 2.50 bits per heavy atom. The van der Waals surface area contributed by atoms with Crippen molar-refractivity contribution in [1.82, 2.24) is 5.32 Å². The molecule has 0 aromatic heterocycles. The topological polar surface area (TPSA) is 47.6 Å². The van der Waals surface area contributed by atoms with E-state index in [4.69, 9.17) is 21.1 Å². The highest BCUT2D eigenvalue weighted by Crippen LogP contribution is 2.35. The van der Waals surface area contributed by atoms with Crippen molar-refractivity contribution >= 4 is 17.5 Å². The van der Waals surface area contributed by atoms with E-state index in [0.717, 1.165) is 17.6 Å². The predicted molar refractivity (Wildman–Crippen MR) is 130 cm³/mol. The smallest absolute Gasteiger partial charge is 0.267 e. The molecule has 0 spiro atoms. The van der Waals surface area contributed by atoms with Gasteiger partial charge in [0.1, 0.15) is 6.61 Å². The number of para-hydroxylation sites is 2. The van der Waals surface area contributed by atoms with E-state index in [0.29, 0.717) is 16.5 Å². The van der Waals surface area contributed by atoms with Crippen molar-refractivity contribution < 1.29 is 14.3 Å². The molecule has 5 heteroatoms. The minimum absolute atomic E-state index is 0.0766. The molecule has 3 rings (SSSR count). The lowest BCUT2D eigenvalue weighted by atomic mass is 9.86. The van der Waals surface area contributed by atoms with Gasteiger partial charge in [0.05, 0.1) is 0 Å². The Kier molecular flexibility index (Phi) is 7.81. The first kappa shape index (κ1) is 23.7. The van der Waals surface area contributed by atoms with Crippen molar-refractivity contribution in [3.05, 3.63) is 95.6 Å². The molecule has 1 N–H and O–H groups in total. The van der Waals surface area contributed by atoms with E-state index in [1.165, 1.54) is 0 Å². The molecule has 1 heterocycles. The molecule has 0 fully saturated rings. The second-order valence-electron chi connectivity index (χ2n) is 8.32. The molecule has 3 unspecified atom stereocenters. The van der Waals surface area contributed by atoms with Crippen molar-refractivity contribution in [3.63, 3.8) is 0 Å². The Morgan fingerprint density at radius 2 is 1.81 bits per heavy atom. The molecule has 2 aromatic rings. The molecule has 0 bridgehead atoms. The molecule has 168 valence electrons. The van der Waals surface area contributed by atoms with Crippen molar-refractivity contribution in [2.75, 3.05) is 6.61 Å². The number of nitrogens with one attached hydrogen (secondary N) is 1. The van der Waals surface area contributed by atoms with Crippen molar-refractivity contribution in [2.24, 2.45) is 0 Å². The zero-order valence-electron chi connectivity index (χ0n) is 18.8. The first-order valence-electron chi connectivity index (χ1n) is 10.7. The first-order valence-corrected chi connectivity index (χ1v) is 11.1. The number of benzene rings is 2. The summed E-state index contributed by atoms with van der Waals surface area (Å²) in [4.78, 5) is 13.2. The summed E-state index contributed by atoms with van der Waals surface area (Å²) < 4.78 is 11.8. The maximum absolute atomic E-state index is 13.2. The summed E-state index contributed by atoms with van der Waals surface area (Å²) in [6.07, 6.45) is 6.19. The Labute approximate surface area is 195 Å². The monoisotopic (exact) mass is 451 g/mol. The third-order valence-electron chi connectivity index (χ3n) is 5.62. The van der Waals surface area contributed by atoms with Gasteiger partial charge < -0.3 is 14.8 Å². The Hall–Kier alpha value is -2.98. The number of hydrogen-bond donors (Lipinski definition) is 1. The lowest BCUT2D eigenvalue weighted by Crippen LogP contribution is -2.56. The number of carbonyl (C=O) groups is 1. The number of carbonyl (C=O) groups excluding carboxylic acids is 1. The van der Waals surface area contributed by atoms with Gasteiger partial charge >= 0.3 is 0 Å². The number of rotatable bonds is 8. The van der Waals surface area contributed by atoms with Crippen LogP contribution in [-0.2, 0) is 4.79 Å². The molecule has 0 saturated heterocycles. The second kappa shape index (κ2) is 10.6. The van der Waals surface area contributed by atoms with Crippen LogP contribution in [0.5, 0.6) is 11.5 Å². The van der Waals surface area contributed by atoms with Crippen LogP contribution >= 0.6 is 11.6 Å². The summed E-state index contributed by atoms with van der Waals surface area (Å²) in [6, 6.07) is 17.5. The van der Waals surface area contributed by atoms with Crippen molar-refractivity contribution in [3.8, 4) is 11.5 Å². The summed E-state index contributed by atoms with van der Waals surface area (Å²) in [6.45, 7) is 9.67. The lowest BCUT2D eigenvalue weighted by Gasteiger charge is -2.36. The van der Waals surface area contributed by atoms with Gasteiger partial charge in [0.2, 0.25) is 5.60 Å². The summed E-state index contributed by atoms with van der Waals surface area (Å²) >= 11 is 6.05. The number of allylic oxidation sites excluding steroid dienone is 5. The number of fused-ring (bicyclic) bond motifs is 1. The van der Waals surface area contributed by atoms with E-state index in [1.54, 1.807) is 13.0 Å². The molecule has 0 aliphatic carbocycles. The maximum Gasteiger partial charge on any atom is 0.267 e. The lowest BCUT2D eigenvalue weighted by molar-refractivity contribution is -0.140. The van der Waals surface area contributed by atoms with Gasteiger partial charge in [-0.25, -0.2) is 0 Å². The molecule has 1 aliphatic rings. The van der Waals surface area contributed by atoms with Gasteiger partial charge in [-0.05, 0) is 51.0 Å². The minimum Gasteiger partial charge on any atom is -0.485 e. The molecule has 0 saturated carbocycles. The molecular formula is C27H30ClNO3. The average Bonchev–Trinajstić information content (AvgIpc) is 2.81. The third kappa shape index (κ3) is 5.83. The summed E-state index contributed by atoms with van der Waals surface area (Å²) in [5.41, 5.74) is 1.20. The normalized spacial score (nSPS) is 20.2. The Morgan fingerprint density at radius 1 is 1.16 bits per heavy atom. The highest BCUT2D eigenvalue weighted by atomic mass is 35.5. The third-order valence-corrected chi connectivity index (χ3v) is 5.90. The van der Waals surface area contributed by atoms with Gasteiger partial charge in [-0.3, -0.25) is 4.79 Å². The summed E-state index contributed by atoms with van der Waals surface area (Å²) in [5, 5.41) is 3.76. The van der Waals surface area contributed by atoms with Crippen LogP contribution in [0.1, 0.15) is 38.7 Å². The van der Waals surface area contributed by atoms with Gasteiger partial charge in [0.25, 0.3) is 5.91 Å². The number of hydrogen-bond acceptors (Lipinski definition) is 3. The molecule has 4 nitrogen and oxygen atoms in total.